The molecule has 0 bridgehead atoms. The van der Waals surface area contributed by atoms with E-state index in [9.17, 15) is 18.8 Å². The van der Waals surface area contributed by atoms with Gasteiger partial charge < -0.3 is 16.0 Å². The number of aromatic nitrogens is 2. The van der Waals surface area contributed by atoms with E-state index in [0.29, 0.717) is 21.3 Å². The number of aryl methyl sites for hydroxylation is 1. The van der Waals surface area contributed by atoms with Gasteiger partial charge in [0.25, 0.3) is 5.56 Å². The lowest BCUT2D eigenvalue weighted by atomic mass is 9.92. The first-order valence-corrected chi connectivity index (χ1v) is 10.2. The lowest BCUT2D eigenvalue weighted by Gasteiger charge is -2.23. The average Bonchev–Trinajstić information content (AvgIpc) is 2.68. The van der Waals surface area contributed by atoms with Crippen molar-refractivity contribution in [3.8, 4) is 0 Å². The zero-order valence-corrected chi connectivity index (χ0v) is 18.1. The van der Waals surface area contributed by atoms with Gasteiger partial charge in [0.15, 0.2) is 0 Å². The molecule has 2 aromatic carbocycles. The SMILES string of the molecule is Cc1ccc(NC(=O)C2CC(=O)Nc3nc(Nc4cc(Cl)cc(Cl)c4)[nH]c(=O)c32)c(F)c1. The van der Waals surface area contributed by atoms with Crippen molar-refractivity contribution >= 4 is 58.2 Å². The van der Waals surface area contributed by atoms with Crippen LogP contribution in [0.25, 0.3) is 0 Å². The first-order chi connectivity index (χ1) is 15.2. The van der Waals surface area contributed by atoms with Crippen LogP contribution in [0, 0.1) is 12.7 Å². The number of H-pyrrole nitrogens is 1. The summed E-state index contributed by atoms with van der Waals surface area (Å²) in [5.74, 6) is -3.02. The van der Waals surface area contributed by atoms with E-state index < -0.39 is 29.1 Å². The first-order valence-electron chi connectivity index (χ1n) is 9.44. The monoisotopic (exact) mass is 475 g/mol. The zero-order chi connectivity index (χ0) is 23.0. The van der Waals surface area contributed by atoms with Gasteiger partial charge in [0.2, 0.25) is 17.8 Å². The minimum absolute atomic E-state index is 0.0121. The van der Waals surface area contributed by atoms with E-state index in [1.54, 1.807) is 25.1 Å². The van der Waals surface area contributed by atoms with Crippen molar-refractivity contribution in [3.63, 3.8) is 0 Å². The van der Waals surface area contributed by atoms with Crippen LogP contribution in [0.5, 0.6) is 0 Å². The number of carbonyl (C=O) groups excluding carboxylic acids is 2. The molecule has 0 spiro atoms. The number of rotatable bonds is 4. The number of hydrogen-bond acceptors (Lipinski definition) is 5. The van der Waals surface area contributed by atoms with Crippen LogP contribution >= 0.6 is 23.2 Å². The highest BCUT2D eigenvalue weighted by Gasteiger charge is 2.35. The van der Waals surface area contributed by atoms with Crippen molar-refractivity contribution < 1.29 is 14.0 Å². The van der Waals surface area contributed by atoms with Crippen LogP contribution in [0.1, 0.15) is 23.5 Å². The second kappa shape index (κ2) is 8.60. The molecule has 0 saturated heterocycles. The van der Waals surface area contributed by atoms with Crippen LogP contribution in [-0.4, -0.2) is 21.8 Å². The summed E-state index contributed by atoms with van der Waals surface area (Å²) in [7, 11) is 0. The summed E-state index contributed by atoms with van der Waals surface area (Å²) in [6.45, 7) is 1.71. The number of amides is 2. The number of carbonyl (C=O) groups is 2. The smallest absolute Gasteiger partial charge is 0.258 e. The van der Waals surface area contributed by atoms with Gasteiger partial charge in [-0.05, 0) is 42.8 Å². The molecule has 0 aliphatic carbocycles. The van der Waals surface area contributed by atoms with Gasteiger partial charge in [0, 0.05) is 22.2 Å². The van der Waals surface area contributed by atoms with Gasteiger partial charge in [-0.1, -0.05) is 29.3 Å². The molecule has 11 heteroatoms. The molecule has 1 aliphatic heterocycles. The van der Waals surface area contributed by atoms with E-state index in [-0.39, 0.29) is 29.4 Å². The number of hydrogen-bond donors (Lipinski definition) is 4. The number of nitrogens with one attached hydrogen (secondary N) is 4. The van der Waals surface area contributed by atoms with Gasteiger partial charge in [0.1, 0.15) is 11.6 Å². The van der Waals surface area contributed by atoms with Crippen molar-refractivity contribution in [2.75, 3.05) is 16.0 Å². The highest BCUT2D eigenvalue weighted by molar-refractivity contribution is 6.35. The average molecular weight is 476 g/mol. The summed E-state index contributed by atoms with van der Waals surface area (Å²) in [6, 6.07) is 8.99. The van der Waals surface area contributed by atoms with E-state index in [1.165, 1.54) is 18.2 Å². The maximum Gasteiger partial charge on any atom is 0.258 e. The Morgan fingerprint density at radius 3 is 2.56 bits per heavy atom. The van der Waals surface area contributed by atoms with Gasteiger partial charge in [-0.25, -0.2) is 4.39 Å². The van der Waals surface area contributed by atoms with Crippen LogP contribution in [0.4, 0.5) is 27.5 Å². The highest BCUT2D eigenvalue weighted by atomic mass is 35.5. The second-order valence-corrected chi connectivity index (χ2v) is 8.11. The van der Waals surface area contributed by atoms with E-state index in [0.717, 1.165) is 0 Å². The Kier molecular flexibility index (Phi) is 5.86. The Bertz CT molecular complexity index is 1290. The minimum Gasteiger partial charge on any atom is -0.326 e. The molecule has 1 unspecified atom stereocenters. The van der Waals surface area contributed by atoms with Gasteiger partial charge >= 0.3 is 0 Å². The molecule has 0 radical (unpaired) electrons. The number of halogens is 3. The number of benzene rings is 2. The molecule has 164 valence electrons. The van der Waals surface area contributed by atoms with Crippen LogP contribution in [0.2, 0.25) is 10.0 Å². The molecule has 4 N–H and O–H groups in total. The summed E-state index contributed by atoms with van der Waals surface area (Å²) >= 11 is 12.0. The summed E-state index contributed by atoms with van der Waals surface area (Å²) in [6.07, 6.45) is -0.284. The number of aromatic amines is 1. The second-order valence-electron chi connectivity index (χ2n) is 7.24. The Balaban J connectivity index is 1.65. The molecule has 1 atom stereocenters. The molecular formula is C21H16Cl2FN5O3. The maximum absolute atomic E-state index is 14.1. The molecule has 1 aliphatic rings. The zero-order valence-electron chi connectivity index (χ0n) is 16.6. The van der Waals surface area contributed by atoms with E-state index in [1.807, 2.05) is 0 Å². The number of nitrogens with zero attached hydrogens (tertiary/aromatic N) is 1. The molecule has 0 saturated carbocycles. The fourth-order valence-corrected chi connectivity index (χ4v) is 3.88. The standard InChI is InChI=1S/C21H16Cl2FN5O3/c1-9-2-3-15(14(24)4-9)26-19(31)13-8-16(30)27-18-17(13)20(32)29-21(28-18)25-12-6-10(22)5-11(23)7-12/h2-7,13H,8H2,1H3,(H,26,31)(H3,25,27,28,29,30,32). The lowest BCUT2D eigenvalue weighted by Crippen LogP contribution is -2.36. The highest BCUT2D eigenvalue weighted by Crippen LogP contribution is 2.31. The molecule has 0 fully saturated rings. The molecular weight excluding hydrogens is 460 g/mol. The summed E-state index contributed by atoms with van der Waals surface area (Å²) in [4.78, 5) is 44.6. The Morgan fingerprint density at radius 1 is 1.16 bits per heavy atom. The van der Waals surface area contributed by atoms with Crippen molar-refractivity contribution in [2.45, 2.75) is 19.3 Å². The van der Waals surface area contributed by atoms with Crippen LogP contribution in [-0.2, 0) is 9.59 Å². The maximum atomic E-state index is 14.1. The molecule has 2 heterocycles. The van der Waals surface area contributed by atoms with E-state index in [4.69, 9.17) is 23.2 Å². The third-order valence-corrected chi connectivity index (χ3v) is 5.21. The largest absolute Gasteiger partial charge is 0.326 e. The third kappa shape index (κ3) is 4.58. The van der Waals surface area contributed by atoms with Crippen LogP contribution in [0.3, 0.4) is 0 Å². The summed E-state index contributed by atoms with van der Waals surface area (Å²) < 4.78 is 14.1. The molecule has 2 amide bonds. The Labute approximate surface area is 191 Å². The topological polar surface area (TPSA) is 116 Å². The van der Waals surface area contributed by atoms with E-state index >= 15 is 0 Å². The van der Waals surface area contributed by atoms with Crippen LogP contribution < -0.4 is 21.5 Å². The predicted octanol–water partition coefficient (Wildman–Crippen LogP) is 4.33. The van der Waals surface area contributed by atoms with Gasteiger partial charge in [-0.3, -0.25) is 19.4 Å². The summed E-state index contributed by atoms with van der Waals surface area (Å²) in [5.41, 5.74) is 0.439. The normalized spacial score (nSPS) is 15.0. The van der Waals surface area contributed by atoms with Crippen molar-refractivity contribution in [2.24, 2.45) is 0 Å². The van der Waals surface area contributed by atoms with Crippen molar-refractivity contribution in [3.05, 3.63) is 73.7 Å². The molecule has 32 heavy (non-hydrogen) atoms. The van der Waals surface area contributed by atoms with Gasteiger partial charge in [-0.15, -0.1) is 0 Å². The van der Waals surface area contributed by atoms with Gasteiger partial charge in [-0.2, -0.15) is 4.98 Å². The molecule has 3 aromatic rings. The third-order valence-electron chi connectivity index (χ3n) is 4.78. The van der Waals surface area contributed by atoms with Crippen molar-refractivity contribution in [1.82, 2.24) is 9.97 Å². The van der Waals surface area contributed by atoms with Crippen LogP contribution in [0.15, 0.2) is 41.2 Å². The summed E-state index contributed by atoms with van der Waals surface area (Å²) in [5, 5.41) is 8.53. The molecule has 8 nitrogen and oxygen atoms in total. The predicted molar refractivity (Wildman–Crippen MR) is 120 cm³/mol. The molecule has 1 aromatic heterocycles. The Hall–Kier alpha value is -3.43. The number of anilines is 4. The Morgan fingerprint density at radius 2 is 1.88 bits per heavy atom. The number of fused-ring (bicyclic) bond motifs is 1. The quantitative estimate of drug-likeness (QED) is 0.448. The fraction of sp³-hybridized carbons (Fsp3) is 0.143. The fourth-order valence-electron chi connectivity index (χ4n) is 3.36. The minimum atomic E-state index is -1.15. The first kappa shape index (κ1) is 21.8. The molecule has 4 rings (SSSR count). The van der Waals surface area contributed by atoms with Crippen molar-refractivity contribution in [1.29, 1.82) is 0 Å². The van der Waals surface area contributed by atoms with Gasteiger partial charge in [0.05, 0.1) is 17.2 Å². The van der Waals surface area contributed by atoms with E-state index in [2.05, 4.69) is 25.9 Å². The lowest BCUT2D eigenvalue weighted by molar-refractivity contribution is -0.123.